The number of rotatable bonds is 7. The van der Waals surface area contributed by atoms with Gasteiger partial charge in [-0.1, -0.05) is 39.0 Å². The van der Waals surface area contributed by atoms with E-state index in [1.165, 1.54) is 6.07 Å². The zero-order chi connectivity index (χ0) is 17.7. The highest BCUT2D eigenvalue weighted by atomic mass is 19.4. The quantitative estimate of drug-likeness (QED) is 0.798. The number of nitrogens with one attached hydrogen (secondary N) is 1. The smallest absolute Gasteiger partial charge is 0.354 e. The first kappa shape index (κ1) is 19.5. The molecule has 3 nitrogen and oxygen atoms in total. The highest BCUT2D eigenvalue weighted by Gasteiger charge is 2.30. The first-order valence-electron chi connectivity index (χ1n) is 7.84. The molecular weight excluding hydrogens is 305 g/mol. The molecule has 0 aliphatic carbocycles. The molecule has 0 radical (unpaired) electrons. The standard InChI is InChI=1S/C17H25F3N2O/c1-4-16(21,5-2)11-22-15(23)9-12(3)13-7-6-8-14(10-13)17(18,19)20/h6-8,10,12H,4-5,9,11,21H2,1-3H3,(H,22,23). The van der Waals surface area contributed by atoms with Crippen molar-refractivity contribution in [1.29, 1.82) is 0 Å². The van der Waals surface area contributed by atoms with Gasteiger partial charge < -0.3 is 11.1 Å². The molecule has 0 aliphatic rings. The maximum Gasteiger partial charge on any atom is 0.416 e. The Morgan fingerprint density at radius 1 is 1.26 bits per heavy atom. The Labute approximate surface area is 135 Å². The monoisotopic (exact) mass is 330 g/mol. The van der Waals surface area contributed by atoms with E-state index in [9.17, 15) is 18.0 Å². The highest BCUT2D eigenvalue weighted by molar-refractivity contribution is 5.76. The van der Waals surface area contributed by atoms with Crippen LogP contribution in [0.25, 0.3) is 0 Å². The molecule has 130 valence electrons. The van der Waals surface area contributed by atoms with Crippen molar-refractivity contribution in [3.05, 3.63) is 35.4 Å². The van der Waals surface area contributed by atoms with Gasteiger partial charge >= 0.3 is 6.18 Å². The molecular formula is C17H25F3N2O. The van der Waals surface area contributed by atoms with Gasteiger partial charge in [-0.2, -0.15) is 13.2 Å². The van der Waals surface area contributed by atoms with Crippen molar-refractivity contribution in [2.45, 2.75) is 57.7 Å². The summed E-state index contributed by atoms with van der Waals surface area (Å²) in [5.74, 6) is -0.501. The van der Waals surface area contributed by atoms with Crippen molar-refractivity contribution in [3.8, 4) is 0 Å². The highest BCUT2D eigenvalue weighted by Crippen LogP contribution is 2.31. The fraction of sp³-hybridized carbons (Fsp3) is 0.588. The summed E-state index contributed by atoms with van der Waals surface area (Å²) in [7, 11) is 0. The summed E-state index contributed by atoms with van der Waals surface area (Å²) in [5, 5.41) is 2.78. The number of nitrogens with two attached hydrogens (primary N) is 1. The molecule has 23 heavy (non-hydrogen) atoms. The van der Waals surface area contributed by atoms with Gasteiger partial charge in [-0.3, -0.25) is 4.79 Å². The van der Waals surface area contributed by atoms with Crippen LogP contribution < -0.4 is 11.1 Å². The van der Waals surface area contributed by atoms with Crippen LogP contribution in [0, 0.1) is 0 Å². The lowest BCUT2D eigenvalue weighted by molar-refractivity contribution is -0.137. The minimum atomic E-state index is -4.38. The van der Waals surface area contributed by atoms with Gasteiger partial charge in [0.2, 0.25) is 5.91 Å². The van der Waals surface area contributed by atoms with Crippen LogP contribution in [0.3, 0.4) is 0 Å². The van der Waals surface area contributed by atoms with E-state index in [0.29, 0.717) is 12.1 Å². The van der Waals surface area contributed by atoms with Gasteiger partial charge in [0.05, 0.1) is 5.56 Å². The van der Waals surface area contributed by atoms with Crippen molar-refractivity contribution >= 4 is 5.91 Å². The van der Waals surface area contributed by atoms with Gasteiger partial charge in [-0.05, 0) is 30.4 Å². The Morgan fingerprint density at radius 3 is 2.39 bits per heavy atom. The predicted molar refractivity (Wildman–Crippen MR) is 85.0 cm³/mol. The van der Waals surface area contributed by atoms with Crippen LogP contribution in [0.1, 0.15) is 57.1 Å². The van der Waals surface area contributed by atoms with E-state index in [2.05, 4.69) is 5.32 Å². The second kappa shape index (κ2) is 7.81. The van der Waals surface area contributed by atoms with E-state index in [-0.39, 0.29) is 18.2 Å². The summed E-state index contributed by atoms with van der Waals surface area (Å²) < 4.78 is 38.2. The topological polar surface area (TPSA) is 55.1 Å². The summed E-state index contributed by atoms with van der Waals surface area (Å²) in [5.41, 5.74) is 5.49. The van der Waals surface area contributed by atoms with Gasteiger partial charge in [0.15, 0.2) is 0 Å². The second-order valence-electron chi connectivity index (χ2n) is 6.07. The van der Waals surface area contributed by atoms with Crippen molar-refractivity contribution < 1.29 is 18.0 Å². The first-order chi connectivity index (χ1) is 10.6. The average Bonchev–Trinajstić information content (AvgIpc) is 2.52. The van der Waals surface area contributed by atoms with Crippen LogP contribution in [-0.2, 0) is 11.0 Å². The van der Waals surface area contributed by atoms with E-state index in [1.54, 1.807) is 13.0 Å². The maximum absolute atomic E-state index is 12.7. The molecule has 0 bridgehead atoms. The minimum Gasteiger partial charge on any atom is -0.354 e. The normalized spacial score (nSPS) is 13.7. The van der Waals surface area contributed by atoms with Gasteiger partial charge in [-0.15, -0.1) is 0 Å². The van der Waals surface area contributed by atoms with E-state index < -0.39 is 17.3 Å². The summed E-state index contributed by atoms with van der Waals surface area (Å²) in [6.45, 7) is 6.03. The molecule has 1 aromatic carbocycles. The molecule has 0 spiro atoms. The van der Waals surface area contributed by atoms with E-state index in [1.807, 2.05) is 13.8 Å². The van der Waals surface area contributed by atoms with E-state index in [4.69, 9.17) is 5.73 Å². The zero-order valence-electron chi connectivity index (χ0n) is 13.8. The Kier molecular flexibility index (Phi) is 6.62. The van der Waals surface area contributed by atoms with Crippen molar-refractivity contribution in [1.82, 2.24) is 5.32 Å². The zero-order valence-corrected chi connectivity index (χ0v) is 13.8. The van der Waals surface area contributed by atoms with Crippen LogP contribution >= 0.6 is 0 Å². The summed E-state index contributed by atoms with van der Waals surface area (Å²) in [6, 6.07) is 5.11. The molecule has 0 saturated heterocycles. The van der Waals surface area contributed by atoms with Crippen molar-refractivity contribution in [2.75, 3.05) is 6.54 Å². The number of halogens is 3. The molecule has 0 fully saturated rings. The average molecular weight is 330 g/mol. The summed E-state index contributed by atoms with van der Waals surface area (Å²) in [4.78, 5) is 12.0. The minimum absolute atomic E-state index is 0.130. The van der Waals surface area contributed by atoms with Gasteiger partial charge in [0.1, 0.15) is 0 Å². The SMILES string of the molecule is CCC(N)(CC)CNC(=O)CC(C)c1cccc(C(F)(F)F)c1. The van der Waals surface area contributed by atoms with Crippen LogP contribution in [-0.4, -0.2) is 18.0 Å². The lowest BCUT2D eigenvalue weighted by Gasteiger charge is -2.27. The van der Waals surface area contributed by atoms with Crippen molar-refractivity contribution in [3.63, 3.8) is 0 Å². The molecule has 1 atom stereocenters. The molecule has 1 unspecified atom stereocenters. The van der Waals surface area contributed by atoms with Crippen LogP contribution in [0.15, 0.2) is 24.3 Å². The first-order valence-corrected chi connectivity index (χ1v) is 7.84. The van der Waals surface area contributed by atoms with Gasteiger partial charge in [-0.25, -0.2) is 0 Å². The van der Waals surface area contributed by atoms with E-state index in [0.717, 1.165) is 25.0 Å². The van der Waals surface area contributed by atoms with Crippen LogP contribution in [0.5, 0.6) is 0 Å². The third kappa shape index (κ3) is 5.86. The number of carbonyl (C=O) groups excluding carboxylic acids is 1. The molecule has 0 aromatic heterocycles. The van der Waals surface area contributed by atoms with Crippen LogP contribution in [0.4, 0.5) is 13.2 Å². The molecule has 1 aromatic rings. The second-order valence-corrected chi connectivity index (χ2v) is 6.07. The molecule has 3 N–H and O–H groups in total. The maximum atomic E-state index is 12.7. The third-order valence-electron chi connectivity index (χ3n) is 4.32. The van der Waals surface area contributed by atoms with Crippen LogP contribution in [0.2, 0.25) is 0 Å². The van der Waals surface area contributed by atoms with Crippen molar-refractivity contribution in [2.24, 2.45) is 5.73 Å². The Bertz CT molecular complexity index is 525. The Hall–Kier alpha value is -1.56. The number of hydrogen-bond donors (Lipinski definition) is 2. The molecule has 6 heteroatoms. The summed E-state index contributed by atoms with van der Waals surface area (Å²) in [6.07, 6.45) is -2.76. The molecule has 1 amide bonds. The summed E-state index contributed by atoms with van der Waals surface area (Å²) >= 11 is 0. The third-order valence-corrected chi connectivity index (χ3v) is 4.32. The number of carbonyl (C=O) groups is 1. The van der Waals surface area contributed by atoms with E-state index >= 15 is 0 Å². The lowest BCUT2D eigenvalue weighted by atomic mass is 9.93. The predicted octanol–water partition coefficient (Wildman–Crippen LogP) is 3.83. The fourth-order valence-corrected chi connectivity index (χ4v) is 2.26. The fourth-order valence-electron chi connectivity index (χ4n) is 2.26. The van der Waals surface area contributed by atoms with Gasteiger partial charge in [0.25, 0.3) is 0 Å². The Morgan fingerprint density at radius 2 is 1.87 bits per heavy atom. The number of alkyl halides is 3. The largest absolute Gasteiger partial charge is 0.416 e. The number of hydrogen-bond acceptors (Lipinski definition) is 2. The molecule has 0 saturated carbocycles. The lowest BCUT2D eigenvalue weighted by Crippen LogP contribution is -2.49. The van der Waals surface area contributed by atoms with Gasteiger partial charge in [0, 0.05) is 18.5 Å². The molecule has 0 heterocycles. The number of benzene rings is 1. The Balaban J connectivity index is 2.66. The molecule has 1 rings (SSSR count). The number of amides is 1. The molecule has 0 aliphatic heterocycles.